The number of benzene rings is 6. The average Bonchev–Trinajstić information content (AvgIpc) is 3.59. The molecule has 0 spiro atoms. The number of rotatable bonds is 10. The van der Waals surface area contributed by atoms with E-state index in [4.69, 9.17) is 22.5 Å². The first-order chi connectivity index (χ1) is 22.9. The summed E-state index contributed by atoms with van der Waals surface area (Å²) in [5.74, 6) is -6.97. The van der Waals surface area contributed by atoms with Gasteiger partial charge in [0.25, 0.3) is 0 Å². The van der Waals surface area contributed by atoms with Crippen molar-refractivity contribution in [1.82, 2.24) is 0 Å². The molecule has 0 aliphatic carbocycles. The quantitative estimate of drug-likeness (QED) is 0.124. The van der Waals surface area contributed by atoms with Crippen molar-refractivity contribution >= 4 is 77.6 Å². The molecule has 7 aromatic rings. The van der Waals surface area contributed by atoms with Crippen LogP contribution in [0.25, 0.3) is 0 Å². The zero-order valence-electron chi connectivity index (χ0n) is 25.9. The summed E-state index contributed by atoms with van der Waals surface area (Å²) in [5.41, 5.74) is 0. The molecule has 0 atom stereocenters. The summed E-state index contributed by atoms with van der Waals surface area (Å²) in [6.07, 6.45) is 1.41. The SMILES string of the molecule is ClP(Cc1ccc(CP(Cl)(c2ccccc2)(c2ccccc2)c2ccccc2)s1)(c1ccccc1)(c1ccccc1)c1ccccc1. The van der Waals surface area contributed by atoms with Gasteiger partial charge in [-0.2, -0.15) is 0 Å². The van der Waals surface area contributed by atoms with Crippen molar-refractivity contribution in [3.8, 4) is 0 Å². The van der Waals surface area contributed by atoms with Crippen molar-refractivity contribution in [2.45, 2.75) is 12.3 Å². The van der Waals surface area contributed by atoms with Crippen LogP contribution in [0.15, 0.2) is 194 Å². The predicted octanol–water partition coefficient (Wildman–Crippen LogP) is 10.1. The van der Waals surface area contributed by atoms with E-state index in [0.717, 1.165) is 0 Å². The van der Waals surface area contributed by atoms with E-state index in [1.807, 2.05) is 11.3 Å². The average molecular weight is 706 g/mol. The maximum atomic E-state index is 8.49. The van der Waals surface area contributed by atoms with Gasteiger partial charge in [-0.05, 0) is 0 Å². The number of hydrogen-bond acceptors (Lipinski definition) is 1. The van der Waals surface area contributed by atoms with Crippen molar-refractivity contribution in [2.24, 2.45) is 0 Å². The van der Waals surface area contributed by atoms with Crippen molar-refractivity contribution in [2.75, 3.05) is 0 Å². The third-order valence-corrected chi connectivity index (χ3v) is 25.3. The van der Waals surface area contributed by atoms with Crippen LogP contribution in [0.2, 0.25) is 0 Å². The second-order valence-electron chi connectivity index (χ2n) is 12.1. The Labute approximate surface area is 292 Å². The first-order valence-corrected chi connectivity index (χ1v) is 23.3. The fourth-order valence-corrected chi connectivity index (χ4v) is 22.0. The molecular formula is C42H36Cl2P2S. The zero-order valence-corrected chi connectivity index (χ0v) is 30.1. The summed E-state index contributed by atoms with van der Waals surface area (Å²) in [7, 11) is 0. The standard InChI is InChI=1S/C42H36Cl2P2S/c43-45(35-19-7-1-8-20-35,36-21-9-2-10-22-36,37-23-11-3-12-24-37)33-41-31-32-42(47-41)34-46(44,38-25-13-4-14-26-38,39-27-15-5-16-28-39)40-29-17-6-18-30-40/h1-32H,33-34H2. The molecule has 6 aromatic carbocycles. The third-order valence-electron chi connectivity index (χ3n) is 9.39. The van der Waals surface area contributed by atoms with Gasteiger partial charge in [-0.15, -0.1) is 0 Å². The van der Waals surface area contributed by atoms with Crippen LogP contribution in [-0.2, 0) is 12.3 Å². The molecule has 47 heavy (non-hydrogen) atoms. The molecular weight excluding hydrogens is 669 g/mol. The molecule has 0 aliphatic heterocycles. The van der Waals surface area contributed by atoms with Gasteiger partial charge in [0, 0.05) is 0 Å². The Kier molecular flexibility index (Phi) is 8.73. The van der Waals surface area contributed by atoms with Crippen molar-refractivity contribution < 1.29 is 0 Å². The summed E-state index contributed by atoms with van der Waals surface area (Å²) in [6.45, 7) is 0. The van der Waals surface area contributed by atoms with Crippen molar-refractivity contribution in [3.63, 3.8) is 0 Å². The van der Waals surface area contributed by atoms with Gasteiger partial charge in [0.15, 0.2) is 0 Å². The Morgan fingerprint density at radius 3 is 0.681 bits per heavy atom. The monoisotopic (exact) mass is 704 g/mol. The van der Waals surface area contributed by atoms with Crippen LogP contribution >= 0.6 is 45.7 Å². The molecule has 0 amide bonds. The van der Waals surface area contributed by atoms with Gasteiger partial charge in [0.2, 0.25) is 0 Å². The molecule has 0 fully saturated rings. The topological polar surface area (TPSA) is 0 Å². The van der Waals surface area contributed by atoms with Gasteiger partial charge in [0.1, 0.15) is 0 Å². The maximum absolute atomic E-state index is 8.49. The fraction of sp³-hybridized carbons (Fsp3) is 0.0476. The van der Waals surface area contributed by atoms with Crippen LogP contribution in [0.5, 0.6) is 0 Å². The van der Waals surface area contributed by atoms with E-state index in [0.29, 0.717) is 12.3 Å². The molecule has 1 aromatic heterocycles. The minimum absolute atomic E-state index is 0.704. The summed E-state index contributed by atoms with van der Waals surface area (Å²) < 4.78 is 0. The Bertz CT molecular complexity index is 1720. The zero-order chi connectivity index (χ0) is 32.3. The second-order valence-corrected chi connectivity index (χ2v) is 26.3. The van der Waals surface area contributed by atoms with E-state index < -0.39 is 11.9 Å². The summed E-state index contributed by atoms with van der Waals surface area (Å²) in [5, 5.41) is 7.01. The normalized spacial score (nSPS) is 13.6. The summed E-state index contributed by atoms with van der Waals surface area (Å²) >= 11 is 18.8. The van der Waals surface area contributed by atoms with Gasteiger partial charge < -0.3 is 0 Å². The Morgan fingerprint density at radius 1 is 0.298 bits per heavy atom. The van der Waals surface area contributed by atoms with Crippen LogP contribution in [0.3, 0.4) is 0 Å². The molecule has 1 heterocycles. The van der Waals surface area contributed by atoms with E-state index >= 15 is 0 Å². The molecule has 0 N–H and O–H groups in total. The van der Waals surface area contributed by atoms with E-state index in [1.165, 1.54) is 41.6 Å². The Hall–Kier alpha value is -3.54. The molecule has 0 bridgehead atoms. The molecule has 0 unspecified atom stereocenters. The van der Waals surface area contributed by atoms with E-state index in [2.05, 4.69) is 194 Å². The minimum atomic E-state index is -3.49. The first kappa shape index (κ1) is 32.0. The molecule has 5 heteroatoms. The first-order valence-electron chi connectivity index (χ1n) is 15.8. The molecule has 0 saturated carbocycles. The van der Waals surface area contributed by atoms with Gasteiger partial charge in [-0.25, -0.2) is 0 Å². The summed E-state index contributed by atoms with van der Waals surface area (Å²) in [4.78, 5) is 2.50. The van der Waals surface area contributed by atoms with Crippen LogP contribution < -0.4 is 31.8 Å². The number of halogens is 2. The molecule has 0 aliphatic rings. The molecule has 0 nitrogen and oxygen atoms in total. The Morgan fingerprint density at radius 2 is 0.489 bits per heavy atom. The third kappa shape index (κ3) is 5.40. The van der Waals surface area contributed by atoms with Crippen LogP contribution in [-0.4, -0.2) is 0 Å². The van der Waals surface area contributed by atoms with Crippen molar-refractivity contribution in [3.05, 3.63) is 204 Å². The predicted molar refractivity (Wildman–Crippen MR) is 214 cm³/mol. The Balaban J connectivity index is 1.42. The molecule has 7 rings (SSSR count). The van der Waals surface area contributed by atoms with Crippen LogP contribution in [0.1, 0.15) is 9.75 Å². The van der Waals surface area contributed by atoms with Gasteiger partial charge in [0.05, 0.1) is 0 Å². The number of thiophene rings is 1. The van der Waals surface area contributed by atoms with E-state index in [9.17, 15) is 0 Å². The van der Waals surface area contributed by atoms with Crippen LogP contribution in [0, 0.1) is 0 Å². The van der Waals surface area contributed by atoms with Gasteiger partial charge >= 0.3 is 294 Å². The fourth-order valence-electron chi connectivity index (χ4n) is 7.05. The van der Waals surface area contributed by atoms with Gasteiger partial charge in [-0.1, -0.05) is 0 Å². The molecule has 0 radical (unpaired) electrons. The number of hydrogen-bond donors (Lipinski definition) is 0. The van der Waals surface area contributed by atoms with Gasteiger partial charge in [-0.3, -0.25) is 0 Å². The van der Waals surface area contributed by atoms with Crippen molar-refractivity contribution in [1.29, 1.82) is 0 Å². The second kappa shape index (κ2) is 12.8. The van der Waals surface area contributed by atoms with E-state index in [-0.39, 0.29) is 0 Å². The summed E-state index contributed by atoms with van der Waals surface area (Å²) in [6, 6.07) is 68.9. The molecule has 0 saturated heterocycles. The van der Waals surface area contributed by atoms with Crippen LogP contribution in [0.4, 0.5) is 0 Å². The molecule has 234 valence electrons. The van der Waals surface area contributed by atoms with E-state index in [1.54, 1.807) is 0 Å².